The molecule has 2 rings (SSSR count). The quantitative estimate of drug-likeness (QED) is 0.825. The van der Waals surface area contributed by atoms with Crippen molar-refractivity contribution in [2.75, 3.05) is 13.1 Å². The van der Waals surface area contributed by atoms with E-state index in [0.29, 0.717) is 6.54 Å². The van der Waals surface area contributed by atoms with Crippen LogP contribution >= 0.6 is 0 Å². The van der Waals surface area contributed by atoms with E-state index in [0.717, 1.165) is 28.8 Å². The number of aromatic nitrogens is 2. The topological polar surface area (TPSA) is 72.9 Å². The van der Waals surface area contributed by atoms with E-state index in [9.17, 15) is 4.79 Å². The van der Waals surface area contributed by atoms with E-state index in [-0.39, 0.29) is 12.5 Å². The second-order valence-electron chi connectivity index (χ2n) is 4.35. The summed E-state index contributed by atoms with van der Waals surface area (Å²) in [7, 11) is 2.01. The van der Waals surface area contributed by atoms with Gasteiger partial charge in [0.15, 0.2) is 0 Å². The molecule has 0 radical (unpaired) electrons. The Balaban J connectivity index is 2.08. The molecule has 0 saturated carbocycles. The molecule has 3 N–H and O–H groups in total. The number of amides is 1. The number of hydrogen-bond donors (Lipinski definition) is 2. The third kappa shape index (κ3) is 2.51. The molecule has 0 bridgehead atoms. The summed E-state index contributed by atoms with van der Waals surface area (Å²) in [6, 6.07) is 6.20. The molecule has 1 aromatic heterocycles. The lowest BCUT2D eigenvalue weighted by atomic mass is 10.1. The van der Waals surface area contributed by atoms with Crippen LogP contribution in [0.3, 0.4) is 0 Å². The molecular weight excluding hydrogens is 228 g/mol. The standard InChI is InChI=1S/C13H18N4O/c1-9-16-11-7-10(3-4-12(11)17(9)2)5-6-15-13(18)8-14/h3-4,7H,5-6,8,14H2,1-2H3,(H,15,18). The van der Waals surface area contributed by atoms with Gasteiger partial charge in [0, 0.05) is 13.6 Å². The van der Waals surface area contributed by atoms with Gasteiger partial charge in [-0.3, -0.25) is 4.79 Å². The van der Waals surface area contributed by atoms with Crippen molar-refractivity contribution in [1.82, 2.24) is 14.9 Å². The van der Waals surface area contributed by atoms with Crippen LogP contribution in [-0.2, 0) is 18.3 Å². The summed E-state index contributed by atoms with van der Waals surface area (Å²) in [6.07, 6.45) is 0.789. The second-order valence-corrected chi connectivity index (χ2v) is 4.35. The molecule has 0 aliphatic rings. The van der Waals surface area contributed by atoms with E-state index in [1.165, 1.54) is 0 Å². The largest absolute Gasteiger partial charge is 0.355 e. The third-order valence-electron chi connectivity index (χ3n) is 3.09. The molecule has 1 heterocycles. The first-order chi connectivity index (χ1) is 8.61. The molecule has 2 aromatic rings. The van der Waals surface area contributed by atoms with Gasteiger partial charge in [-0.1, -0.05) is 6.07 Å². The Hall–Kier alpha value is -1.88. The Morgan fingerprint density at radius 3 is 3.00 bits per heavy atom. The Bertz CT molecular complexity index is 574. The van der Waals surface area contributed by atoms with Crippen LogP contribution in [0.25, 0.3) is 11.0 Å². The van der Waals surface area contributed by atoms with Crippen molar-refractivity contribution in [3.63, 3.8) is 0 Å². The third-order valence-corrected chi connectivity index (χ3v) is 3.09. The first-order valence-corrected chi connectivity index (χ1v) is 6.00. The number of carbonyl (C=O) groups excluding carboxylic acids is 1. The minimum absolute atomic E-state index is 0.0401. The highest BCUT2D eigenvalue weighted by atomic mass is 16.1. The summed E-state index contributed by atoms with van der Waals surface area (Å²) in [4.78, 5) is 15.5. The first-order valence-electron chi connectivity index (χ1n) is 6.00. The van der Waals surface area contributed by atoms with E-state index >= 15 is 0 Å². The van der Waals surface area contributed by atoms with Crippen LogP contribution in [0.4, 0.5) is 0 Å². The summed E-state index contributed by atoms with van der Waals surface area (Å²) in [6.45, 7) is 2.63. The maximum atomic E-state index is 11.0. The van der Waals surface area contributed by atoms with Gasteiger partial charge in [0.2, 0.25) is 5.91 Å². The van der Waals surface area contributed by atoms with Gasteiger partial charge in [0.05, 0.1) is 17.6 Å². The fraction of sp³-hybridized carbons (Fsp3) is 0.385. The van der Waals surface area contributed by atoms with Crippen molar-refractivity contribution in [3.05, 3.63) is 29.6 Å². The number of carbonyl (C=O) groups is 1. The van der Waals surface area contributed by atoms with Crippen molar-refractivity contribution in [2.45, 2.75) is 13.3 Å². The van der Waals surface area contributed by atoms with Crippen molar-refractivity contribution in [3.8, 4) is 0 Å². The van der Waals surface area contributed by atoms with E-state index in [1.807, 2.05) is 14.0 Å². The molecule has 5 nitrogen and oxygen atoms in total. The zero-order valence-electron chi connectivity index (χ0n) is 10.7. The lowest BCUT2D eigenvalue weighted by molar-refractivity contribution is -0.119. The summed E-state index contributed by atoms with van der Waals surface area (Å²) >= 11 is 0. The highest BCUT2D eigenvalue weighted by molar-refractivity contribution is 5.78. The number of fused-ring (bicyclic) bond motifs is 1. The smallest absolute Gasteiger partial charge is 0.233 e. The summed E-state index contributed by atoms with van der Waals surface area (Å²) in [5.41, 5.74) is 8.51. The predicted molar refractivity (Wildman–Crippen MR) is 71.2 cm³/mol. The number of rotatable bonds is 4. The number of benzene rings is 1. The van der Waals surface area contributed by atoms with Crippen molar-refractivity contribution < 1.29 is 4.79 Å². The molecule has 5 heteroatoms. The zero-order valence-corrected chi connectivity index (χ0v) is 10.7. The van der Waals surface area contributed by atoms with Crippen LogP contribution in [0.2, 0.25) is 0 Å². The monoisotopic (exact) mass is 246 g/mol. The predicted octanol–water partition coefficient (Wildman–Crippen LogP) is 0.499. The molecule has 0 saturated heterocycles. The number of hydrogen-bond acceptors (Lipinski definition) is 3. The van der Waals surface area contributed by atoms with Gasteiger partial charge in [-0.2, -0.15) is 0 Å². The van der Waals surface area contributed by atoms with Gasteiger partial charge in [0.25, 0.3) is 0 Å². The van der Waals surface area contributed by atoms with Crippen molar-refractivity contribution in [1.29, 1.82) is 0 Å². The van der Waals surface area contributed by atoms with Crippen LogP contribution in [0.1, 0.15) is 11.4 Å². The number of imidazole rings is 1. The highest BCUT2D eigenvalue weighted by Crippen LogP contribution is 2.16. The Labute approximate surface area is 106 Å². The summed E-state index contributed by atoms with van der Waals surface area (Å²) in [5, 5.41) is 2.76. The molecule has 0 unspecified atom stereocenters. The molecule has 18 heavy (non-hydrogen) atoms. The van der Waals surface area contributed by atoms with Crippen molar-refractivity contribution >= 4 is 16.9 Å². The van der Waals surface area contributed by atoms with Crippen LogP contribution < -0.4 is 11.1 Å². The lowest BCUT2D eigenvalue weighted by Crippen LogP contribution is -2.31. The molecule has 1 amide bonds. The molecule has 0 aliphatic heterocycles. The van der Waals surface area contributed by atoms with E-state index in [2.05, 4.69) is 33.1 Å². The maximum Gasteiger partial charge on any atom is 0.233 e. The Morgan fingerprint density at radius 2 is 2.28 bits per heavy atom. The fourth-order valence-electron chi connectivity index (χ4n) is 1.94. The Kier molecular flexibility index (Phi) is 3.62. The molecule has 0 fully saturated rings. The van der Waals surface area contributed by atoms with Gasteiger partial charge in [-0.05, 0) is 31.0 Å². The molecule has 0 atom stereocenters. The van der Waals surface area contributed by atoms with Crippen LogP contribution in [-0.4, -0.2) is 28.5 Å². The summed E-state index contributed by atoms with van der Waals surface area (Å²) in [5.74, 6) is 0.878. The average Bonchev–Trinajstić information content (AvgIpc) is 2.64. The zero-order chi connectivity index (χ0) is 13.1. The molecule has 96 valence electrons. The van der Waals surface area contributed by atoms with Gasteiger partial charge in [-0.25, -0.2) is 4.98 Å². The molecular formula is C13H18N4O. The SMILES string of the molecule is Cc1nc2cc(CCNC(=O)CN)ccc2n1C. The van der Waals surface area contributed by atoms with Crippen LogP contribution in [0.5, 0.6) is 0 Å². The number of nitrogens with zero attached hydrogens (tertiary/aromatic N) is 2. The van der Waals surface area contributed by atoms with Gasteiger partial charge >= 0.3 is 0 Å². The van der Waals surface area contributed by atoms with Gasteiger partial charge in [0.1, 0.15) is 5.82 Å². The van der Waals surface area contributed by atoms with E-state index < -0.39 is 0 Å². The number of nitrogens with one attached hydrogen (secondary N) is 1. The van der Waals surface area contributed by atoms with Crippen LogP contribution in [0.15, 0.2) is 18.2 Å². The van der Waals surface area contributed by atoms with Crippen LogP contribution in [0, 0.1) is 6.92 Å². The fourth-order valence-corrected chi connectivity index (χ4v) is 1.94. The van der Waals surface area contributed by atoms with E-state index in [4.69, 9.17) is 5.73 Å². The highest BCUT2D eigenvalue weighted by Gasteiger charge is 2.05. The molecule has 0 spiro atoms. The number of aryl methyl sites for hydroxylation is 2. The number of nitrogens with two attached hydrogens (primary N) is 1. The molecule has 1 aromatic carbocycles. The average molecular weight is 246 g/mol. The first kappa shape index (κ1) is 12.6. The summed E-state index contributed by atoms with van der Waals surface area (Å²) < 4.78 is 2.06. The minimum atomic E-state index is -0.121. The van der Waals surface area contributed by atoms with E-state index in [1.54, 1.807) is 0 Å². The Morgan fingerprint density at radius 1 is 1.50 bits per heavy atom. The minimum Gasteiger partial charge on any atom is -0.355 e. The lowest BCUT2D eigenvalue weighted by Gasteiger charge is -2.04. The maximum absolute atomic E-state index is 11.0. The van der Waals surface area contributed by atoms with Crippen molar-refractivity contribution in [2.24, 2.45) is 12.8 Å². The normalized spacial score (nSPS) is 10.8. The molecule has 0 aliphatic carbocycles. The van der Waals surface area contributed by atoms with Gasteiger partial charge < -0.3 is 15.6 Å². The van der Waals surface area contributed by atoms with Gasteiger partial charge in [-0.15, -0.1) is 0 Å². The second kappa shape index (κ2) is 5.18.